The molecule has 0 N–H and O–H groups in total. The van der Waals surface area contributed by atoms with Gasteiger partial charge in [-0.05, 0) is 156 Å². The van der Waals surface area contributed by atoms with Gasteiger partial charge in [-0.25, -0.2) is 19.9 Å². The molecule has 8 aromatic heterocycles. The smallest absolute Gasteiger partial charge is 0.0970 e. The molecular weight excluding hydrogens is 1270 g/mol. The predicted molar refractivity (Wildman–Crippen MR) is 431 cm³/mol. The Labute approximate surface area is 597 Å². The fraction of sp³-hybridized carbons (Fsp3) is 0. The van der Waals surface area contributed by atoms with Crippen LogP contribution in [-0.2, 0) is 0 Å². The van der Waals surface area contributed by atoms with Crippen molar-refractivity contribution in [2.75, 3.05) is 0 Å². The molecule has 0 saturated heterocycles. The zero-order valence-electron chi connectivity index (χ0n) is 56.1. The van der Waals surface area contributed by atoms with Gasteiger partial charge in [-0.15, -0.1) is 0 Å². The van der Waals surface area contributed by atoms with Crippen LogP contribution in [0.4, 0.5) is 0 Å². The lowest BCUT2D eigenvalue weighted by Crippen LogP contribution is -1.90. The van der Waals surface area contributed by atoms with E-state index in [1.165, 1.54) is 43.4 Å². The molecule has 0 bridgehead atoms. The van der Waals surface area contributed by atoms with Crippen LogP contribution in [0.15, 0.2) is 352 Å². The molecule has 0 unspecified atom stereocenters. The molecule has 8 heterocycles. The van der Waals surface area contributed by atoms with Gasteiger partial charge in [-0.2, -0.15) is 0 Å². The highest BCUT2D eigenvalue weighted by Crippen LogP contribution is 2.40. The highest BCUT2D eigenvalue weighted by Gasteiger charge is 2.16. The van der Waals surface area contributed by atoms with E-state index in [-0.39, 0.29) is 0 Å². The van der Waals surface area contributed by atoms with Crippen molar-refractivity contribution in [1.29, 1.82) is 0 Å². The van der Waals surface area contributed by atoms with Gasteiger partial charge < -0.3 is 0 Å². The topological polar surface area (TPSA) is 103 Å². The van der Waals surface area contributed by atoms with Crippen molar-refractivity contribution in [3.05, 3.63) is 352 Å². The molecule has 21 aromatic rings. The molecule has 8 heteroatoms. The molecule has 0 aliphatic heterocycles. The molecular formula is C96H58N8. The maximum atomic E-state index is 5.20. The maximum absolute atomic E-state index is 5.20. The Hall–Kier alpha value is -14.1. The maximum Gasteiger partial charge on any atom is 0.0970 e. The Morgan fingerprint density at radius 1 is 0.154 bits per heavy atom. The number of nitrogens with zero attached hydrogens (tertiary/aromatic N) is 8. The summed E-state index contributed by atoms with van der Waals surface area (Å²) < 4.78 is 0. The quantitative estimate of drug-likeness (QED) is 0.139. The highest BCUT2D eigenvalue weighted by molar-refractivity contribution is 6.15. The van der Waals surface area contributed by atoms with Crippen molar-refractivity contribution in [2.45, 2.75) is 0 Å². The third-order valence-corrected chi connectivity index (χ3v) is 20.5. The number of hydrogen-bond acceptors (Lipinski definition) is 8. The Morgan fingerprint density at radius 3 is 1.01 bits per heavy atom. The van der Waals surface area contributed by atoms with Crippen LogP contribution in [0.2, 0.25) is 0 Å². The second-order valence-electron chi connectivity index (χ2n) is 26.6. The third kappa shape index (κ3) is 10.7. The number of aromatic nitrogens is 8. The van der Waals surface area contributed by atoms with Gasteiger partial charge >= 0.3 is 0 Å². The number of hydrogen-bond donors (Lipinski definition) is 0. The SMILES string of the molecule is c1ccc2c(-c3ccc4ccc(-c5ccc6ccc(-c7ccc(-c8ccnc9c8ccc8cccnc89)cc7)nc6c5)nc4c3)cccc2c1.c1ccc2c(c1)cc(-c1ccc3ccc(-c4ccc5ccc(-c6ccc(-c7ccnc8c7ccc7cccnc78)cc6)nc5c4)nc3c1)c1ccccc12. The minimum absolute atomic E-state index is 0.918. The normalized spacial score (nSPS) is 11.7. The molecule has 0 aliphatic rings. The van der Waals surface area contributed by atoms with Gasteiger partial charge in [0.05, 0.1) is 66.9 Å². The lowest BCUT2D eigenvalue weighted by atomic mass is 9.93. The number of benzene rings is 13. The first-order chi connectivity index (χ1) is 51.5. The van der Waals surface area contributed by atoms with E-state index in [4.69, 9.17) is 24.9 Å². The van der Waals surface area contributed by atoms with E-state index in [2.05, 4.69) is 330 Å². The van der Waals surface area contributed by atoms with Crippen LogP contribution in [0.3, 0.4) is 0 Å². The van der Waals surface area contributed by atoms with E-state index in [9.17, 15) is 0 Å². The van der Waals surface area contributed by atoms with Crippen molar-refractivity contribution in [3.63, 3.8) is 0 Å². The van der Waals surface area contributed by atoms with Crippen molar-refractivity contribution in [3.8, 4) is 89.5 Å². The predicted octanol–water partition coefficient (Wildman–Crippen LogP) is 24.6. The zero-order chi connectivity index (χ0) is 68.6. The largest absolute Gasteiger partial charge is 0.254 e. The number of fused-ring (bicyclic) bond motifs is 14. The fourth-order valence-corrected chi connectivity index (χ4v) is 15.2. The van der Waals surface area contributed by atoms with E-state index in [1.54, 1.807) is 0 Å². The van der Waals surface area contributed by atoms with Gasteiger partial charge in [0.1, 0.15) is 0 Å². The Kier molecular flexibility index (Phi) is 14.4. The van der Waals surface area contributed by atoms with Crippen LogP contribution in [0.25, 0.3) is 209 Å². The average Bonchev–Trinajstić information content (AvgIpc) is 0.753. The molecule has 482 valence electrons. The molecule has 0 aliphatic carbocycles. The van der Waals surface area contributed by atoms with Crippen LogP contribution in [0.5, 0.6) is 0 Å². The summed E-state index contributed by atoms with van der Waals surface area (Å²) in [5, 5.41) is 16.3. The van der Waals surface area contributed by atoms with E-state index in [0.29, 0.717) is 0 Å². The molecule has 0 amide bonds. The number of rotatable bonds is 8. The van der Waals surface area contributed by atoms with Crippen LogP contribution >= 0.6 is 0 Å². The third-order valence-electron chi connectivity index (χ3n) is 20.5. The van der Waals surface area contributed by atoms with E-state index < -0.39 is 0 Å². The Balaban J connectivity index is 0.000000139. The second-order valence-corrected chi connectivity index (χ2v) is 26.6. The van der Waals surface area contributed by atoms with E-state index in [1.807, 2.05) is 36.9 Å². The monoisotopic (exact) mass is 1320 g/mol. The van der Waals surface area contributed by atoms with Crippen molar-refractivity contribution < 1.29 is 0 Å². The molecule has 0 atom stereocenters. The summed E-state index contributed by atoms with van der Waals surface area (Å²) in [4.78, 5) is 39.2. The highest BCUT2D eigenvalue weighted by atomic mass is 14.8. The first-order valence-corrected chi connectivity index (χ1v) is 35.0. The van der Waals surface area contributed by atoms with Gasteiger partial charge in [-0.1, -0.05) is 249 Å². The Morgan fingerprint density at radius 2 is 0.500 bits per heavy atom. The van der Waals surface area contributed by atoms with Gasteiger partial charge in [0.15, 0.2) is 0 Å². The molecule has 104 heavy (non-hydrogen) atoms. The molecule has 0 fully saturated rings. The van der Waals surface area contributed by atoms with Gasteiger partial charge in [0.2, 0.25) is 0 Å². The fourth-order valence-electron chi connectivity index (χ4n) is 15.2. The van der Waals surface area contributed by atoms with Gasteiger partial charge in [-0.3, -0.25) is 19.9 Å². The molecule has 0 spiro atoms. The van der Waals surface area contributed by atoms with Crippen molar-refractivity contribution in [2.24, 2.45) is 0 Å². The summed E-state index contributed by atoms with van der Waals surface area (Å²) >= 11 is 0. The molecule has 13 aromatic carbocycles. The van der Waals surface area contributed by atoms with E-state index in [0.717, 1.165) is 166 Å². The molecule has 8 nitrogen and oxygen atoms in total. The average molecular weight is 1320 g/mol. The zero-order valence-corrected chi connectivity index (χ0v) is 56.1. The lowest BCUT2D eigenvalue weighted by Gasteiger charge is -2.12. The minimum atomic E-state index is 0.918. The van der Waals surface area contributed by atoms with Crippen LogP contribution < -0.4 is 0 Å². The van der Waals surface area contributed by atoms with Crippen molar-refractivity contribution >= 4 is 120 Å². The van der Waals surface area contributed by atoms with Gasteiger partial charge in [0, 0.05) is 90.1 Å². The molecule has 0 radical (unpaired) electrons. The summed E-state index contributed by atoms with van der Waals surface area (Å²) in [5.74, 6) is 0. The van der Waals surface area contributed by atoms with Crippen LogP contribution in [0.1, 0.15) is 0 Å². The first kappa shape index (κ1) is 59.9. The summed E-state index contributed by atoms with van der Waals surface area (Å²) in [5.41, 5.74) is 24.7. The van der Waals surface area contributed by atoms with Gasteiger partial charge in [0.25, 0.3) is 0 Å². The Bertz CT molecular complexity index is 7050. The molecule has 0 saturated carbocycles. The first-order valence-electron chi connectivity index (χ1n) is 35.0. The summed E-state index contributed by atoms with van der Waals surface area (Å²) in [7, 11) is 0. The van der Waals surface area contributed by atoms with E-state index >= 15 is 0 Å². The minimum Gasteiger partial charge on any atom is -0.254 e. The lowest BCUT2D eigenvalue weighted by molar-refractivity contribution is 1.37. The number of pyridine rings is 8. The summed E-state index contributed by atoms with van der Waals surface area (Å²) in [6.45, 7) is 0. The van der Waals surface area contributed by atoms with Crippen molar-refractivity contribution in [1.82, 2.24) is 39.9 Å². The standard InChI is InChI=1S/C50H30N4.C46H28N4/c1-2-8-39-36(6-1)28-44(42-10-4-3-9-41(39)42)37-17-15-33-21-24-46(54-47(33)29-37)38-18-16-34-20-23-45(53-48(34)30-38)32-13-11-31(12-14-32)40-25-27-52-50-43(40)22-19-35-7-5-26-51-49(35)50;1-2-8-37-29(5-1)6-3-9-38(37)35-16-14-32-20-23-42(50-43(32)27-35)36-17-15-33-19-22-41(49-44(33)28-36)31-12-10-30(11-13-31)39-24-26-48-46-40(39)21-18-34-7-4-25-47-45(34)46/h1-30H;1-28H. The summed E-state index contributed by atoms with van der Waals surface area (Å²) in [6, 6.07) is 116. The summed E-state index contributed by atoms with van der Waals surface area (Å²) in [6.07, 6.45) is 7.40. The molecule has 21 rings (SSSR count). The van der Waals surface area contributed by atoms with Crippen LogP contribution in [-0.4, -0.2) is 39.9 Å². The van der Waals surface area contributed by atoms with Crippen LogP contribution in [0, 0.1) is 0 Å². The second kappa shape index (κ2) is 25.0.